The predicted octanol–water partition coefficient (Wildman–Crippen LogP) is 3.64. The molecule has 1 aliphatic carbocycles. The van der Waals surface area contributed by atoms with Gasteiger partial charge >= 0.3 is 0 Å². The molecule has 1 aromatic rings. The van der Waals surface area contributed by atoms with Gasteiger partial charge in [0.2, 0.25) is 5.91 Å². The van der Waals surface area contributed by atoms with Crippen molar-refractivity contribution in [3.05, 3.63) is 34.9 Å². The Morgan fingerprint density at radius 3 is 2.62 bits per heavy atom. The van der Waals surface area contributed by atoms with Crippen LogP contribution in [0.3, 0.4) is 0 Å². The largest absolute Gasteiger partial charge is 0.353 e. The summed E-state index contributed by atoms with van der Waals surface area (Å²) < 4.78 is 0. The molecule has 2 amide bonds. The quantitative estimate of drug-likeness (QED) is 0.906. The number of rotatable bonds is 3. The van der Waals surface area contributed by atoms with Gasteiger partial charge in [-0.05, 0) is 43.9 Å². The first-order valence-electron chi connectivity index (χ1n) is 8.99. The SMILES string of the molecule is O=C(NC1CCCCC1)[C@H]1CCCN(C(=O)c2cccc(Cl)c2)C1. The van der Waals surface area contributed by atoms with Crippen molar-refractivity contribution in [3.8, 4) is 0 Å². The van der Waals surface area contributed by atoms with E-state index in [1.807, 2.05) is 0 Å². The lowest BCUT2D eigenvalue weighted by atomic mass is 9.93. The van der Waals surface area contributed by atoms with E-state index in [9.17, 15) is 9.59 Å². The van der Waals surface area contributed by atoms with Gasteiger partial charge in [-0.2, -0.15) is 0 Å². The average molecular weight is 349 g/mol. The number of piperidine rings is 1. The second-order valence-corrected chi connectivity index (χ2v) is 7.38. The molecule has 0 spiro atoms. The molecule has 130 valence electrons. The number of carbonyl (C=O) groups is 2. The van der Waals surface area contributed by atoms with Gasteiger partial charge in [-0.25, -0.2) is 0 Å². The summed E-state index contributed by atoms with van der Waals surface area (Å²) in [5, 5.41) is 3.76. The first-order valence-corrected chi connectivity index (χ1v) is 9.36. The lowest BCUT2D eigenvalue weighted by molar-refractivity contribution is -0.127. The number of likely N-dealkylation sites (tertiary alicyclic amines) is 1. The zero-order valence-corrected chi connectivity index (χ0v) is 14.7. The topological polar surface area (TPSA) is 49.4 Å². The molecule has 2 aliphatic rings. The first kappa shape index (κ1) is 17.3. The van der Waals surface area contributed by atoms with Crippen molar-refractivity contribution in [1.82, 2.24) is 10.2 Å². The van der Waals surface area contributed by atoms with Crippen molar-refractivity contribution in [2.75, 3.05) is 13.1 Å². The third-order valence-electron chi connectivity index (χ3n) is 5.10. The molecule has 4 nitrogen and oxygen atoms in total. The van der Waals surface area contributed by atoms with Crippen LogP contribution in [0.2, 0.25) is 5.02 Å². The third-order valence-corrected chi connectivity index (χ3v) is 5.34. The van der Waals surface area contributed by atoms with Gasteiger partial charge in [0.05, 0.1) is 5.92 Å². The Labute approximate surface area is 148 Å². The number of hydrogen-bond donors (Lipinski definition) is 1. The number of halogens is 1. The maximum atomic E-state index is 12.6. The number of nitrogens with one attached hydrogen (secondary N) is 1. The van der Waals surface area contributed by atoms with Gasteiger partial charge in [-0.15, -0.1) is 0 Å². The fraction of sp³-hybridized carbons (Fsp3) is 0.579. The molecule has 1 atom stereocenters. The molecule has 1 N–H and O–H groups in total. The van der Waals surface area contributed by atoms with Crippen LogP contribution in [0.4, 0.5) is 0 Å². The van der Waals surface area contributed by atoms with E-state index in [2.05, 4.69) is 5.32 Å². The Morgan fingerprint density at radius 2 is 1.88 bits per heavy atom. The highest BCUT2D eigenvalue weighted by molar-refractivity contribution is 6.30. The normalized spacial score (nSPS) is 22.2. The fourth-order valence-corrected chi connectivity index (χ4v) is 3.94. The number of nitrogens with zero attached hydrogens (tertiary/aromatic N) is 1. The summed E-state index contributed by atoms with van der Waals surface area (Å²) in [7, 11) is 0. The molecular weight excluding hydrogens is 324 g/mol. The van der Waals surface area contributed by atoms with Crippen LogP contribution in [0.5, 0.6) is 0 Å². The molecule has 1 aliphatic heterocycles. The van der Waals surface area contributed by atoms with Crippen LogP contribution in [0.15, 0.2) is 24.3 Å². The van der Waals surface area contributed by atoms with Crippen molar-refractivity contribution in [3.63, 3.8) is 0 Å². The second-order valence-electron chi connectivity index (χ2n) is 6.94. The number of benzene rings is 1. The summed E-state index contributed by atoms with van der Waals surface area (Å²) in [5.41, 5.74) is 0.593. The van der Waals surface area contributed by atoms with E-state index in [-0.39, 0.29) is 17.7 Å². The minimum absolute atomic E-state index is 0.0346. The molecule has 3 rings (SSSR count). The van der Waals surface area contributed by atoms with Gasteiger partial charge in [-0.3, -0.25) is 9.59 Å². The summed E-state index contributed by atoms with van der Waals surface area (Å²) in [4.78, 5) is 27.0. The summed E-state index contributed by atoms with van der Waals surface area (Å²) >= 11 is 5.98. The van der Waals surface area contributed by atoms with Crippen molar-refractivity contribution >= 4 is 23.4 Å². The molecule has 5 heteroatoms. The predicted molar refractivity (Wildman–Crippen MR) is 95.1 cm³/mol. The van der Waals surface area contributed by atoms with Crippen LogP contribution in [0, 0.1) is 5.92 Å². The summed E-state index contributed by atoms with van der Waals surface area (Å²) in [5.74, 6) is -0.0121. The van der Waals surface area contributed by atoms with Crippen LogP contribution in [0.25, 0.3) is 0 Å². The lowest BCUT2D eigenvalue weighted by Gasteiger charge is -2.33. The minimum Gasteiger partial charge on any atom is -0.353 e. The van der Waals surface area contributed by atoms with E-state index in [0.29, 0.717) is 29.7 Å². The Morgan fingerprint density at radius 1 is 1.08 bits per heavy atom. The van der Waals surface area contributed by atoms with Gasteiger partial charge < -0.3 is 10.2 Å². The van der Waals surface area contributed by atoms with Crippen LogP contribution >= 0.6 is 11.6 Å². The third kappa shape index (κ3) is 4.29. The van der Waals surface area contributed by atoms with E-state index in [1.165, 1.54) is 19.3 Å². The van der Waals surface area contributed by atoms with Crippen LogP contribution < -0.4 is 5.32 Å². The minimum atomic E-state index is -0.0937. The zero-order valence-electron chi connectivity index (χ0n) is 14.0. The van der Waals surface area contributed by atoms with E-state index in [1.54, 1.807) is 29.2 Å². The van der Waals surface area contributed by atoms with Crippen LogP contribution in [0.1, 0.15) is 55.3 Å². The number of hydrogen-bond acceptors (Lipinski definition) is 2. The lowest BCUT2D eigenvalue weighted by Crippen LogP contribution is -2.47. The highest BCUT2D eigenvalue weighted by Gasteiger charge is 2.30. The van der Waals surface area contributed by atoms with E-state index in [0.717, 1.165) is 25.7 Å². The van der Waals surface area contributed by atoms with Crippen molar-refractivity contribution < 1.29 is 9.59 Å². The van der Waals surface area contributed by atoms with Crippen molar-refractivity contribution in [2.24, 2.45) is 5.92 Å². The maximum absolute atomic E-state index is 12.6. The maximum Gasteiger partial charge on any atom is 0.253 e. The molecule has 1 saturated heterocycles. The Bertz CT molecular complexity index is 599. The summed E-state index contributed by atoms with van der Waals surface area (Å²) in [6.07, 6.45) is 7.59. The highest BCUT2D eigenvalue weighted by atomic mass is 35.5. The van der Waals surface area contributed by atoms with Gasteiger partial charge in [0.1, 0.15) is 0 Å². The van der Waals surface area contributed by atoms with Gasteiger partial charge in [0, 0.05) is 29.7 Å². The molecule has 1 saturated carbocycles. The molecule has 1 aromatic carbocycles. The molecular formula is C19H25ClN2O2. The summed E-state index contributed by atoms with van der Waals surface area (Å²) in [6, 6.07) is 7.34. The van der Waals surface area contributed by atoms with Gasteiger partial charge in [-0.1, -0.05) is 36.9 Å². The molecule has 0 bridgehead atoms. The molecule has 1 heterocycles. The smallest absolute Gasteiger partial charge is 0.253 e. The molecule has 24 heavy (non-hydrogen) atoms. The average Bonchev–Trinajstić information content (AvgIpc) is 2.62. The molecule has 0 aromatic heterocycles. The monoisotopic (exact) mass is 348 g/mol. The highest BCUT2D eigenvalue weighted by Crippen LogP contribution is 2.22. The standard InChI is InChI=1S/C19H25ClN2O2/c20-16-8-4-6-14(12-16)19(24)22-11-5-7-15(13-22)18(23)21-17-9-2-1-3-10-17/h4,6,8,12,15,17H,1-3,5,7,9-11,13H2,(H,21,23)/t15-/m0/s1. The zero-order chi connectivity index (χ0) is 16.9. The Kier molecular flexibility index (Phi) is 5.77. The summed E-state index contributed by atoms with van der Waals surface area (Å²) in [6.45, 7) is 1.21. The Hall–Kier alpha value is -1.55. The molecule has 2 fully saturated rings. The van der Waals surface area contributed by atoms with Crippen molar-refractivity contribution in [2.45, 2.75) is 51.0 Å². The fourth-order valence-electron chi connectivity index (χ4n) is 3.75. The van der Waals surface area contributed by atoms with Gasteiger partial charge in [0.15, 0.2) is 0 Å². The Balaban J connectivity index is 1.59. The first-order chi connectivity index (χ1) is 11.6. The second kappa shape index (κ2) is 8.02. The van der Waals surface area contributed by atoms with Crippen LogP contribution in [-0.4, -0.2) is 35.8 Å². The molecule has 0 unspecified atom stereocenters. The van der Waals surface area contributed by atoms with Crippen LogP contribution in [-0.2, 0) is 4.79 Å². The van der Waals surface area contributed by atoms with Crippen molar-refractivity contribution in [1.29, 1.82) is 0 Å². The molecule has 0 radical (unpaired) electrons. The van der Waals surface area contributed by atoms with E-state index in [4.69, 9.17) is 11.6 Å². The van der Waals surface area contributed by atoms with E-state index >= 15 is 0 Å². The number of amides is 2. The number of carbonyl (C=O) groups excluding carboxylic acids is 2. The van der Waals surface area contributed by atoms with E-state index < -0.39 is 0 Å². The van der Waals surface area contributed by atoms with Gasteiger partial charge in [0.25, 0.3) is 5.91 Å².